The molecule has 2 aromatic carbocycles. The van der Waals surface area contributed by atoms with Crippen LogP contribution in [0.1, 0.15) is 16.7 Å². The van der Waals surface area contributed by atoms with Crippen molar-refractivity contribution in [3.05, 3.63) is 59.2 Å². The van der Waals surface area contributed by atoms with Crippen molar-refractivity contribution in [2.75, 3.05) is 18.4 Å². The van der Waals surface area contributed by atoms with Gasteiger partial charge in [-0.1, -0.05) is 24.3 Å². The molecule has 4 N–H and O–H groups in total. The van der Waals surface area contributed by atoms with Crippen LogP contribution in [0.15, 0.2) is 47.4 Å². The van der Waals surface area contributed by atoms with Gasteiger partial charge in [-0.15, -0.1) is 0 Å². The Kier molecular flexibility index (Phi) is 6.17. The first-order valence-corrected chi connectivity index (χ1v) is 9.50. The molecule has 0 fully saturated rings. The third-order valence-corrected chi connectivity index (χ3v) is 4.75. The number of hydrogen-bond acceptors (Lipinski definition) is 4. The molecule has 0 aliphatic carbocycles. The van der Waals surface area contributed by atoms with E-state index in [0.29, 0.717) is 13.0 Å². The predicted molar refractivity (Wildman–Crippen MR) is 98.9 cm³/mol. The molecule has 6 nitrogen and oxygen atoms in total. The second-order valence-corrected chi connectivity index (χ2v) is 7.52. The van der Waals surface area contributed by atoms with E-state index >= 15 is 0 Å². The molecular weight excluding hydrogens is 338 g/mol. The number of hydrogen-bond donors (Lipinski definition) is 3. The van der Waals surface area contributed by atoms with E-state index in [9.17, 15) is 13.2 Å². The number of nitrogens with two attached hydrogens (primary N) is 1. The fraction of sp³-hybridized carbons (Fsp3) is 0.278. The average molecular weight is 361 g/mol. The molecule has 0 aromatic heterocycles. The zero-order chi connectivity index (χ0) is 18.4. The fourth-order valence-corrected chi connectivity index (χ4v) is 2.87. The minimum atomic E-state index is -3.67. The van der Waals surface area contributed by atoms with Gasteiger partial charge in [0.1, 0.15) is 0 Å². The molecule has 0 heterocycles. The number of aryl methyl sites for hydroxylation is 2. The Balaban J connectivity index is 1.78. The summed E-state index contributed by atoms with van der Waals surface area (Å²) < 4.78 is 22.4. The van der Waals surface area contributed by atoms with Gasteiger partial charge in [0.05, 0.1) is 11.4 Å². The second kappa shape index (κ2) is 8.13. The maximum atomic E-state index is 11.9. The lowest BCUT2D eigenvalue weighted by Crippen LogP contribution is -2.31. The minimum Gasteiger partial charge on any atom is -0.376 e. The van der Waals surface area contributed by atoms with E-state index in [-0.39, 0.29) is 17.3 Å². The summed E-state index contributed by atoms with van der Waals surface area (Å²) in [7, 11) is -3.67. The number of primary sulfonamides is 1. The van der Waals surface area contributed by atoms with E-state index in [1.54, 1.807) is 12.1 Å². The van der Waals surface area contributed by atoms with Crippen LogP contribution in [-0.2, 0) is 21.2 Å². The lowest BCUT2D eigenvalue weighted by atomic mass is 10.1. The number of carbonyl (C=O) groups is 1. The van der Waals surface area contributed by atoms with Crippen molar-refractivity contribution in [2.24, 2.45) is 5.14 Å². The van der Waals surface area contributed by atoms with Crippen molar-refractivity contribution < 1.29 is 13.2 Å². The van der Waals surface area contributed by atoms with Crippen LogP contribution < -0.4 is 15.8 Å². The average Bonchev–Trinajstić information content (AvgIpc) is 2.55. The molecular formula is C18H23N3O3S. The Morgan fingerprint density at radius 3 is 2.40 bits per heavy atom. The molecule has 0 spiro atoms. The smallest absolute Gasteiger partial charge is 0.239 e. The maximum Gasteiger partial charge on any atom is 0.239 e. The maximum absolute atomic E-state index is 11.9. The summed E-state index contributed by atoms with van der Waals surface area (Å²) in [5, 5.41) is 11.0. The highest BCUT2D eigenvalue weighted by atomic mass is 32.2. The van der Waals surface area contributed by atoms with Gasteiger partial charge in [0.2, 0.25) is 15.9 Å². The Labute approximate surface area is 148 Å². The number of carbonyl (C=O) groups excluding carboxylic acids is 1. The summed E-state index contributed by atoms with van der Waals surface area (Å²) >= 11 is 0. The third-order valence-electron chi connectivity index (χ3n) is 3.82. The van der Waals surface area contributed by atoms with E-state index in [4.69, 9.17) is 5.14 Å². The van der Waals surface area contributed by atoms with Crippen LogP contribution in [0.4, 0.5) is 5.69 Å². The van der Waals surface area contributed by atoms with Crippen molar-refractivity contribution in [1.82, 2.24) is 5.32 Å². The van der Waals surface area contributed by atoms with Gasteiger partial charge >= 0.3 is 0 Å². The van der Waals surface area contributed by atoms with Gasteiger partial charge < -0.3 is 10.6 Å². The summed E-state index contributed by atoms with van der Waals surface area (Å²) in [5.74, 6) is -0.0953. The Morgan fingerprint density at radius 2 is 1.76 bits per heavy atom. The zero-order valence-corrected chi connectivity index (χ0v) is 15.2. The van der Waals surface area contributed by atoms with E-state index in [1.165, 1.54) is 12.1 Å². The molecule has 25 heavy (non-hydrogen) atoms. The van der Waals surface area contributed by atoms with Gasteiger partial charge in [-0.05, 0) is 55.2 Å². The SMILES string of the molecule is Cc1ccc(C)c(NCC(=O)NCCc2ccc(S(N)(=O)=O)cc2)c1. The molecule has 0 aliphatic heterocycles. The Morgan fingerprint density at radius 1 is 1.08 bits per heavy atom. The number of rotatable bonds is 7. The molecule has 0 radical (unpaired) electrons. The number of benzene rings is 2. The number of amides is 1. The highest BCUT2D eigenvalue weighted by Crippen LogP contribution is 2.15. The van der Waals surface area contributed by atoms with E-state index in [1.807, 2.05) is 32.0 Å². The van der Waals surface area contributed by atoms with Crippen LogP contribution in [0.25, 0.3) is 0 Å². The molecule has 0 bridgehead atoms. The number of nitrogens with one attached hydrogen (secondary N) is 2. The Bertz CT molecular complexity index is 846. The lowest BCUT2D eigenvalue weighted by molar-refractivity contribution is -0.119. The molecule has 2 aromatic rings. The molecule has 0 aliphatic rings. The van der Waals surface area contributed by atoms with Gasteiger partial charge in [-0.25, -0.2) is 13.6 Å². The molecule has 0 saturated heterocycles. The molecule has 134 valence electrons. The van der Waals surface area contributed by atoms with E-state index in [2.05, 4.69) is 10.6 Å². The first-order valence-electron chi connectivity index (χ1n) is 7.95. The molecule has 0 atom stereocenters. The van der Waals surface area contributed by atoms with Crippen molar-refractivity contribution in [1.29, 1.82) is 0 Å². The van der Waals surface area contributed by atoms with Crippen LogP contribution in [0.5, 0.6) is 0 Å². The van der Waals surface area contributed by atoms with Gasteiger partial charge in [0, 0.05) is 12.2 Å². The van der Waals surface area contributed by atoms with Crippen LogP contribution in [-0.4, -0.2) is 27.4 Å². The molecule has 1 amide bonds. The van der Waals surface area contributed by atoms with Crippen molar-refractivity contribution in [3.63, 3.8) is 0 Å². The van der Waals surface area contributed by atoms with Gasteiger partial charge in [-0.3, -0.25) is 4.79 Å². The van der Waals surface area contributed by atoms with E-state index < -0.39 is 10.0 Å². The highest BCUT2D eigenvalue weighted by Gasteiger charge is 2.07. The van der Waals surface area contributed by atoms with Crippen molar-refractivity contribution >= 4 is 21.6 Å². The predicted octanol–water partition coefficient (Wildman–Crippen LogP) is 1.72. The first kappa shape index (κ1) is 19.0. The van der Waals surface area contributed by atoms with E-state index in [0.717, 1.165) is 22.4 Å². The zero-order valence-electron chi connectivity index (χ0n) is 14.4. The highest BCUT2D eigenvalue weighted by molar-refractivity contribution is 7.89. The topological polar surface area (TPSA) is 101 Å². The summed E-state index contributed by atoms with van der Waals surface area (Å²) in [6.07, 6.45) is 0.611. The molecule has 0 unspecified atom stereocenters. The second-order valence-electron chi connectivity index (χ2n) is 5.96. The summed E-state index contributed by atoms with van der Waals surface area (Å²) in [6.45, 7) is 4.67. The monoisotopic (exact) mass is 361 g/mol. The Hall–Kier alpha value is -2.38. The first-order chi connectivity index (χ1) is 11.8. The number of anilines is 1. The van der Waals surface area contributed by atoms with Gasteiger partial charge in [-0.2, -0.15) is 0 Å². The quantitative estimate of drug-likeness (QED) is 0.699. The third kappa shape index (κ3) is 5.88. The van der Waals surface area contributed by atoms with Gasteiger partial charge in [0.15, 0.2) is 0 Å². The molecule has 7 heteroatoms. The van der Waals surface area contributed by atoms with Crippen LogP contribution >= 0.6 is 0 Å². The van der Waals surface area contributed by atoms with Crippen molar-refractivity contribution in [2.45, 2.75) is 25.2 Å². The number of sulfonamides is 1. The largest absolute Gasteiger partial charge is 0.376 e. The molecule has 0 saturated carbocycles. The van der Waals surface area contributed by atoms with Crippen LogP contribution in [0, 0.1) is 13.8 Å². The summed E-state index contributed by atoms with van der Waals surface area (Å²) in [6, 6.07) is 12.4. The van der Waals surface area contributed by atoms with Crippen LogP contribution in [0.2, 0.25) is 0 Å². The molecule has 2 rings (SSSR count). The van der Waals surface area contributed by atoms with Crippen molar-refractivity contribution in [3.8, 4) is 0 Å². The normalized spacial score (nSPS) is 11.2. The standard InChI is InChI=1S/C18H23N3O3S/c1-13-3-4-14(2)17(11-13)21-12-18(22)20-10-9-15-5-7-16(8-6-15)25(19,23)24/h3-8,11,21H,9-10,12H2,1-2H3,(H,20,22)(H2,19,23,24). The minimum absolute atomic E-state index is 0.0815. The lowest BCUT2D eigenvalue weighted by Gasteiger charge is -2.11. The fourth-order valence-electron chi connectivity index (χ4n) is 2.36. The summed E-state index contributed by atoms with van der Waals surface area (Å²) in [5.41, 5.74) is 4.11. The van der Waals surface area contributed by atoms with Gasteiger partial charge in [0.25, 0.3) is 0 Å². The summed E-state index contributed by atoms with van der Waals surface area (Å²) in [4.78, 5) is 12.0. The van der Waals surface area contributed by atoms with Crippen LogP contribution in [0.3, 0.4) is 0 Å².